The van der Waals surface area contributed by atoms with E-state index in [4.69, 9.17) is 0 Å². The van der Waals surface area contributed by atoms with Crippen molar-refractivity contribution in [2.75, 3.05) is 5.32 Å². The number of benzene rings is 2. The van der Waals surface area contributed by atoms with Crippen LogP contribution in [0.15, 0.2) is 48.7 Å². The number of amides is 1. The predicted molar refractivity (Wildman–Crippen MR) is 91.1 cm³/mol. The average molecular weight is 310 g/mol. The lowest BCUT2D eigenvalue weighted by Crippen LogP contribution is -2.15. The van der Waals surface area contributed by atoms with Gasteiger partial charge >= 0.3 is 0 Å². The van der Waals surface area contributed by atoms with Crippen molar-refractivity contribution >= 4 is 22.5 Å². The number of para-hydroxylation sites is 1. The van der Waals surface area contributed by atoms with Crippen LogP contribution in [0.25, 0.3) is 10.9 Å². The molecule has 118 valence electrons. The highest BCUT2D eigenvalue weighted by Crippen LogP contribution is 2.21. The van der Waals surface area contributed by atoms with Gasteiger partial charge in [0.15, 0.2) is 0 Å². The van der Waals surface area contributed by atoms with Gasteiger partial charge in [-0.2, -0.15) is 0 Å². The number of halogens is 1. The molecule has 0 aliphatic rings. The van der Waals surface area contributed by atoms with Gasteiger partial charge in [0, 0.05) is 35.8 Å². The Morgan fingerprint density at radius 1 is 1.13 bits per heavy atom. The van der Waals surface area contributed by atoms with Gasteiger partial charge < -0.3 is 9.88 Å². The van der Waals surface area contributed by atoms with E-state index in [9.17, 15) is 9.18 Å². The SMILES string of the molecule is Cc1ccc(F)cc1NC(=O)CCn1cc(C)c2ccccc21. The van der Waals surface area contributed by atoms with Crippen LogP contribution in [0.4, 0.5) is 10.1 Å². The molecule has 0 bridgehead atoms. The van der Waals surface area contributed by atoms with Crippen molar-refractivity contribution in [1.29, 1.82) is 0 Å². The van der Waals surface area contributed by atoms with E-state index in [0.717, 1.165) is 11.1 Å². The van der Waals surface area contributed by atoms with Crippen molar-refractivity contribution in [2.45, 2.75) is 26.8 Å². The summed E-state index contributed by atoms with van der Waals surface area (Å²) < 4.78 is 15.4. The van der Waals surface area contributed by atoms with Crippen molar-refractivity contribution in [3.63, 3.8) is 0 Å². The van der Waals surface area contributed by atoms with Gasteiger partial charge in [0.05, 0.1) is 0 Å². The molecule has 0 fully saturated rings. The summed E-state index contributed by atoms with van der Waals surface area (Å²) >= 11 is 0. The number of anilines is 1. The van der Waals surface area contributed by atoms with Gasteiger partial charge in [-0.1, -0.05) is 24.3 Å². The maximum atomic E-state index is 13.3. The van der Waals surface area contributed by atoms with E-state index < -0.39 is 0 Å². The Labute approximate surface area is 134 Å². The first-order valence-corrected chi connectivity index (χ1v) is 7.65. The fraction of sp³-hybridized carbons (Fsp3) is 0.211. The monoisotopic (exact) mass is 310 g/mol. The highest BCUT2D eigenvalue weighted by Gasteiger charge is 2.09. The van der Waals surface area contributed by atoms with Crippen molar-refractivity contribution in [1.82, 2.24) is 4.57 Å². The maximum absolute atomic E-state index is 13.3. The Morgan fingerprint density at radius 2 is 1.91 bits per heavy atom. The van der Waals surface area contributed by atoms with Gasteiger partial charge in [0.2, 0.25) is 5.91 Å². The molecule has 3 nitrogen and oxygen atoms in total. The van der Waals surface area contributed by atoms with E-state index in [2.05, 4.69) is 35.1 Å². The molecule has 0 unspecified atom stereocenters. The second-order valence-corrected chi connectivity index (χ2v) is 5.78. The molecule has 0 spiro atoms. The molecule has 1 aromatic heterocycles. The van der Waals surface area contributed by atoms with Crippen LogP contribution in [-0.4, -0.2) is 10.5 Å². The number of nitrogens with one attached hydrogen (secondary N) is 1. The van der Waals surface area contributed by atoms with Crippen molar-refractivity contribution in [2.24, 2.45) is 0 Å². The van der Waals surface area contributed by atoms with Crippen LogP contribution in [0.1, 0.15) is 17.5 Å². The highest BCUT2D eigenvalue weighted by atomic mass is 19.1. The first kappa shape index (κ1) is 15.3. The van der Waals surface area contributed by atoms with Gasteiger partial charge in [0.25, 0.3) is 0 Å². The summed E-state index contributed by atoms with van der Waals surface area (Å²) in [5, 5.41) is 3.99. The first-order chi connectivity index (χ1) is 11.0. The lowest BCUT2D eigenvalue weighted by atomic mass is 10.2. The molecule has 1 amide bonds. The van der Waals surface area contributed by atoms with Crippen molar-refractivity contribution < 1.29 is 9.18 Å². The Balaban J connectivity index is 1.70. The summed E-state index contributed by atoms with van der Waals surface area (Å²) in [5.41, 5.74) is 3.70. The zero-order chi connectivity index (χ0) is 16.4. The van der Waals surface area contributed by atoms with Gasteiger partial charge in [0.1, 0.15) is 5.82 Å². The molecule has 0 aliphatic carbocycles. The molecular formula is C19H19FN2O. The molecule has 0 aliphatic heterocycles. The number of fused-ring (bicyclic) bond motifs is 1. The van der Waals surface area contributed by atoms with Crippen LogP contribution >= 0.6 is 0 Å². The third-order valence-corrected chi connectivity index (χ3v) is 4.04. The number of hydrogen-bond donors (Lipinski definition) is 1. The number of rotatable bonds is 4. The molecule has 0 radical (unpaired) electrons. The minimum Gasteiger partial charge on any atom is -0.347 e. The maximum Gasteiger partial charge on any atom is 0.226 e. The molecule has 3 rings (SSSR count). The fourth-order valence-corrected chi connectivity index (χ4v) is 2.78. The molecule has 1 heterocycles. The first-order valence-electron chi connectivity index (χ1n) is 7.65. The standard InChI is InChI=1S/C19H19FN2O/c1-13-7-8-15(20)11-17(13)21-19(23)9-10-22-12-14(2)16-5-3-4-6-18(16)22/h3-8,11-12H,9-10H2,1-2H3,(H,21,23). The fourth-order valence-electron chi connectivity index (χ4n) is 2.78. The number of nitrogens with zero attached hydrogens (tertiary/aromatic N) is 1. The van der Waals surface area contributed by atoms with Crippen molar-refractivity contribution in [3.05, 3.63) is 65.6 Å². The van der Waals surface area contributed by atoms with E-state index in [1.165, 1.54) is 23.1 Å². The number of carbonyl (C=O) groups excluding carboxylic acids is 1. The average Bonchev–Trinajstić information content (AvgIpc) is 2.86. The van der Waals surface area contributed by atoms with E-state index in [1.807, 2.05) is 19.1 Å². The van der Waals surface area contributed by atoms with Crippen molar-refractivity contribution in [3.8, 4) is 0 Å². The number of carbonyl (C=O) groups is 1. The molecular weight excluding hydrogens is 291 g/mol. The summed E-state index contributed by atoms with van der Waals surface area (Å²) in [5.74, 6) is -0.466. The summed E-state index contributed by atoms with van der Waals surface area (Å²) in [4.78, 5) is 12.1. The number of aryl methyl sites for hydroxylation is 3. The molecule has 2 aromatic carbocycles. The molecule has 1 N–H and O–H groups in total. The van der Waals surface area contributed by atoms with Crippen LogP contribution in [0, 0.1) is 19.7 Å². The van der Waals surface area contributed by atoms with Crippen LogP contribution in [-0.2, 0) is 11.3 Å². The third kappa shape index (κ3) is 3.26. The smallest absolute Gasteiger partial charge is 0.226 e. The Bertz CT molecular complexity index is 867. The normalized spacial score (nSPS) is 10.9. The van der Waals surface area contributed by atoms with Gasteiger partial charge in [-0.3, -0.25) is 4.79 Å². The second kappa shape index (κ2) is 6.24. The Kier molecular flexibility index (Phi) is 4.15. The summed E-state index contributed by atoms with van der Waals surface area (Å²) in [7, 11) is 0. The lowest BCUT2D eigenvalue weighted by Gasteiger charge is -2.09. The van der Waals surface area contributed by atoms with Gasteiger partial charge in [-0.25, -0.2) is 4.39 Å². The van der Waals surface area contributed by atoms with Crippen LogP contribution in [0.3, 0.4) is 0 Å². The third-order valence-electron chi connectivity index (χ3n) is 4.04. The quantitative estimate of drug-likeness (QED) is 0.760. The zero-order valence-corrected chi connectivity index (χ0v) is 13.3. The van der Waals surface area contributed by atoms with Crippen LogP contribution in [0.2, 0.25) is 0 Å². The minimum absolute atomic E-state index is 0.117. The minimum atomic E-state index is -0.349. The van der Waals surface area contributed by atoms with Crippen LogP contribution in [0.5, 0.6) is 0 Å². The number of aromatic nitrogens is 1. The zero-order valence-electron chi connectivity index (χ0n) is 13.3. The predicted octanol–water partition coefficient (Wildman–Crippen LogP) is 4.43. The number of hydrogen-bond acceptors (Lipinski definition) is 1. The van der Waals surface area contributed by atoms with E-state index in [0.29, 0.717) is 18.7 Å². The lowest BCUT2D eigenvalue weighted by molar-refractivity contribution is -0.116. The molecule has 0 saturated carbocycles. The Morgan fingerprint density at radius 3 is 2.74 bits per heavy atom. The highest BCUT2D eigenvalue weighted by molar-refractivity contribution is 5.91. The van der Waals surface area contributed by atoms with Gasteiger partial charge in [-0.05, 0) is 43.2 Å². The summed E-state index contributed by atoms with van der Waals surface area (Å²) in [6.45, 7) is 4.50. The molecule has 23 heavy (non-hydrogen) atoms. The largest absolute Gasteiger partial charge is 0.347 e. The van der Waals surface area contributed by atoms with Gasteiger partial charge in [-0.15, -0.1) is 0 Å². The Hall–Kier alpha value is -2.62. The molecule has 4 heteroatoms. The van der Waals surface area contributed by atoms with Crippen LogP contribution < -0.4 is 5.32 Å². The molecule has 0 atom stereocenters. The molecule has 3 aromatic rings. The van der Waals surface area contributed by atoms with E-state index in [1.54, 1.807) is 6.07 Å². The molecule has 0 saturated heterocycles. The second-order valence-electron chi connectivity index (χ2n) is 5.78. The van der Waals surface area contributed by atoms with E-state index in [-0.39, 0.29) is 11.7 Å². The summed E-state index contributed by atoms with van der Waals surface area (Å²) in [6.07, 6.45) is 2.40. The topological polar surface area (TPSA) is 34.0 Å². The summed E-state index contributed by atoms with van der Waals surface area (Å²) in [6, 6.07) is 12.5. The van der Waals surface area contributed by atoms with E-state index >= 15 is 0 Å².